The van der Waals surface area contributed by atoms with E-state index < -0.39 is 5.82 Å². The number of benzene rings is 1. The minimum atomic E-state index is -0.456. The van der Waals surface area contributed by atoms with Crippen LogP contribution in [0.25, 0.3) is 11.1 Å². The number of nitrogens with zero attached hydrogens (tertiary/aromatic N) is 1. The minimum absolute atomic E-state index is 0.104. The number of ketones is 1. The first-order valence-electron chi connectivity index (χ1n) is 5.42. The van der Waals surface area contributed by atoms with E-state index in [0.29, 0.717) is 16.7 Å². The number of carbonyl (C=O) groups is 1. The van der Waals surface area contributed by atoms with Gasteiger partial charge in [0.25, 0.3) is 0 Å². The van der Waals surface area contributed by atoms with Gasteiger partial charge in [-0.15, -0.1) is 0 Å². The first-order chi connectivity index (χ1) is 8.63. The summed E-state index contributed by atoms with van der Waals surface area (Å²) in [5.74, 6) is -0.393. The summed E-state index contributed by atoms with van der Waals surface area (Å²) in [6.07, 6.45) is 2.98. The average molecular weight is 245 g/mol. The molecule has 1 aromatic heterocycles. The monoisotopic (exact) mass is 245 g/mol. The molecule has 0 unspecified atom stereocenters. The molecule has 2 aromatic rings. The van der Waals surface area contributed by atoms with Crippen LogP contribution >= 0.6 is 0 Å². The predicted octanol–water partition coefficient (Wildman–Crippen LogP) is 3.10. The number of pyridine rings is 1. The van der Waals surface area contributed by atoms with Crippen molar-refractivity contribution in [3.8, 4) is 16.9 Å². The molecule has 3 nitrogen and oxygen atoms in total. The van der Waals surface area contributed by atoms with Gasteiger partial charge in [-0.25, -0.2) is 4.39 Å². The van der Waals surface area contributed by atoms with Crippen LogP contribution < -0.4 is 4.74 Å². The van der Waals surface area contributed by atoms with Crippen LogP contribution in [-0.2, 0) is 0 Å². The third-order valence-corrected chi connectivity index (χ3v) is 2.64. The maximum Gasteiger partial charge on any atom is 0.172 e. The number of carbonyl (C=O) groups excluding carboxylic acids is 1. The van der Waals surface area contributed by atoms with Crippen LogP contribution in [-0.4, -0.2) is 17.9 Å². The second kappa shape index (κ2) is 4.96. The fourth-order valence-corrected chi connectivity index (χ4v) is 1.67. The molecule has 0 aliphatic carbocycles. The number of ether oxygens (including phenoxy) is 1. The summed E-state index contributed by atoms with van der Waals surface area (Å²) in [5.41, 5.74) is 1.37. The van der Waals surface area contributed by atoms with Crippen molar-refractivity contribution >= 4 is 5.78 Å². The van der Waals surface area contributed by atoms with Gasteiger partial charge in [-0.3, -0.25) is 9.78 Å². The van der Waals surface area contributed by atoms with E-state index in [1.807, 2.05) is 0 Å². The van der Waals surface area contributed by atoms with Crippen molar-refractivity contribution in [2.24, 2.45) is 0 Å². The molecule has 0 bridgehead atoms. The van der Waals surface area contributed by atoms with Crippen LogP contribution in [0.1, 0.15) is 17.3 Å². The van der Waals surface area contributed by atoms with Crippen molar-refractivity contribution in [1.29, 1.82) is 0 Å². The van der Waals surface area contributed by atoms with Crippen molar-refractivity contribution in [1.82, 2.24) is 4.98 Å². The zero-order valence-corrected chi connectivity index (χ0v) is 10.1. The molecule has 1 aromatic carbocycles. The molecule has 0 radical (unpaired) electrons. The molecule has 18 heavy (non-hydrogen) atoms. The molecule has 0 saturated carbocycles. The van der Waals surface area contributed by atoms with Crippen molar-refractivity contribution in [2.45, 2.75) is 6.92 Å². The molecule has 92 valence electrons. The Bertz CT molecular complexity index is 596. The van der Waals surface area contributed by atoms with Gasteiger partial charge in [0.15, 0.2) is 17.3 Å². The van der Waals surface area contributed by atoms with E-state index in [-0.39, 0.29) is 11.5 Å². The predicted molar refractivity (Wildman–Crippen MR) is 66.2 cm³/mol. The number of hydrogen-bond donors (Lipinski definition) is 0. The average Bonchev–Trinajstić information content (AvgIpc) is 2.39. The molecule has 0 N–H and O–H groups in total. The standard InChI is InChI=1S/C14H12FNO2/c1-9(17)10-6-11(8-16-7-10)12-4-3-5-13(18-2)14(12)15/h3-8H,1-2H3. The normalized spacial score (nSPS) is 10.2. The Hall–Kier alpha value is -2.23. The number of hydrogen-bond acceptors (Lipinski definition) is 3. The lowest BCUT2D eigenvalue weighted by atomic mass is 10.0. The van der Waals surface area contributed by atoms with Crippen molar-refractivity contribution in [3.05, 3.63) is 48.0 Å². The van der Waals surface area contributed by atoms with Gasteiger partial charge in [-0.2, -0.15) is 0 Å². The van der Waals surface area contributed by atoms with Crippen LogP contribution in [0.4, 0.5) is 4.39 Å². The Morgan fingerprint density at radius 1 is 1.33 bits per heavy atom. The minimum Gasteiger partial charge on any atom is -0.494 e. The number of rotatable bonds is 3. The van der Waals surface area contributed by atoms with Gasteiger partial charge in [0.05, 0.1) is 7.11 Å². The van der Waals surface area contributed by atoms with Crippen LogP contribution in [0, 0.1) is 5.82 Å². The molecule has 0 saturated heterocycles. The Kier molecular flexibility index (Phi) is 3.37. The van der Waals surface area contributed by atoms with Crippen molar-refractivity contribution in [3.63, 3.8) is 0 Å². The Balaban J connectivity index is 2.55. The van der Waals surface area contributed by atoms with E-state index in [1.54, 1.807) is 24.3 Å². The molecule has 0 atom stereocenters. The molecule has 0 fully saturated rings. The van der Waals surface area contributed by atoms with E-state index in [9.17, 15) is 9.18 Å². The number of halogens is 1. The van der Waals surface area contributed by atoms with Gasteiger partial charge in [0, 0.05) is 29.1 Å². The van der Waals surface area contributed by atoms with Crippen LogP contribution in [0.3, 0.4) is 0 Å². The summed E-state index contributed by atoms with van der Waals surface area (Å²) in [4.78, 5) is 15.2. The van der Waals surface area contributed by atoms with Crippen LogP contribution in [0.2, 0.25) is 0 Å². The summed E-state index contributed by atoms with van der Waals surface area (Å²) in [6.45, 7) is 1.45. The Morgan fingerprint density at radius 3 is 2.78 bits per heavy atom. The third-order valence-electron chi connectivity index (χ3n) is 2.64. The molecular formula is C14H12FNO2. The molecule has 0 spiro atoms. The molecular weight excluding hydrogens is 233 g/mol. The maximum absolute atomic E-state index is 14.1. The largest absolute Gasteiger partial charge is 0.494 e. The second-order valence-electron chi connectivity index (χ2n) is 3.84. The van der Waals surface area contributed by atoms with Crippen LogP contribution in [0.15, 0.2) is 36.7 Å². The smallest absolute Gasteiger partial charge is 0.172 e. The highest BCUT2D eigenvalue weighted by Gasteiger charge is 2.11. The summed E-state index contributed by atoms with van der Waals surface area (Å²) < 4.78 is 19.0. The first kappa shape index (κ1) is 12.2. The van der Waals surface area contributed by atoms with E-state index in [2.05, 4.69) is 4.98 Å². The highest BCUT2D eigenvalue weighted by Crippen LogP contribution is 2.28. The molecule has 2 rings (SSSR count). The zero-order valence-electron chi connectivity index (χ0n) is 10.1. The third kappa shape index (κ3) is 2.22. The lowest BCUT2D eigenvalue weighted by Crippen LogP contribution is -1.96. The van der Waals surface area contributed by atoms with Gasteiger partial charge < -0.3 is 4.74 Å². The van der Waals surface area contributed by atoms with Gasteiger partial charge in [-0.1, -0.05) is 12.1 Å². The van der Waals surface area contributed by atoms with Gasteiger partial charge in [0.1, 0.15) is 0 Å². The molecule has 1 heterocycles. The number of aromatic nitrogens is 1. The van der Waals surface area contributed by atoms with Gasteiger partial charge >= 0.3 is 0 Å². The highest BCUT2D eigenvalue weighted by molar-refractivity contribution is 5.94. The summed E-state index contributed by atoms with van der Waals surface area (Å²) in [6, 6.07) is 6.48. The van der Waals surface area contributed by atoms with Gasteiger partial charge in [-0.05, 0) is 19.1 Å². The topological polar surface area (TPSA) is 39.2 Å². The molecule has 4 heteroatoms. The number of Topliss-reactive ketones (excluding diaryl/α,β-unsaturated/α-hetero) is 1. The lowest BCUT2D eigenvalue weighted by molar-refractivity contribution is 0.101. The molecule has 0 aliphatic rings. The Morgan fingerprint density at radius 2 is 2.11 bits per heavy atom. The molecule has 0 aliphatic heterocycles. The van der Waals surface area contributed by atoms with E-state index in [4.69, 9.17) is 4.74 Å². The SMILES string of the molecule is COc1cccc(-c2cncc(C(C)=O)c2)c1F. The van der Waals surface area contributed by atoms with E-state index >= 15 is 0 Å². The Labute approximate surface area is 104 Å². The lowest BCUT2D eigenvalue weighted by Gasteiger charge is -2.07. The van der Waals surface area contributed by atoms with Gasteiger partial charge in [0.2, 0.25) is 0 Å². The summed E-state index contributed by atoms with van der Waals surface area (Å²) in [7, 11) is 1.41. The highest BCUT2D eigenvalue weighted by atomic mass is 19.1. The molecule has 0 amide bonds. The summed E-state index contributed by atoms with van der Waals surface area (Å²) in [5, 5.41) is 0. The van der Waals surface area contributed by atoms with E-state index in [0.717, 1.165) is 0 Å². The second-order valence-corrected chi connectivity index (χ2v) is 3.84. The van der Waals surface area contributed by atoms with Crippen molar-refractivity contribution in [2.75, 3.05) is 7.11 Å². The zero-order chi connectivity index (χ0) is 13.1. The first-order valence-corrected chi connectivity index (χ1v) is 5.42. The van der Waals surface area contributed by atoms with E-state index in [1.165, 1.54) is 26.4 Å². The maximum atomic E-state index is 14.1. The fourth-order valence-electron chi connectivity index (χ4n) is 1.67. The number of methoxy groups -OCH3 is 1. The van der Waals surface area contributed by atoms with Crippen molar-refractivity contribution < 1.29 is 13.9 Å². The fraction of sp³-hybridized carbons (Fsp3) is 0.143. The quantitative estimate of drug-likeness (QED) is 0.780. The summed E-state index contributed by atoms with van der Waals surface area (Å²) >= 11 is 0. The van der Waals surface area contributed by atoms with Crippen LogP contribution in [0.5, 0.6) is 5.75 Å².